The molecule has 1 aromatic carbocycles. The first-order chi connectivity index (χ1) is 11.0. The summed E-state index contributed by atoms with van der Waals surface area (Å²) >= 11 is 0. The van der Waals surface area contributed by atoms with Crippen molar-refractivity contribution in [3.8, 4) is 11.8 Å². The minimum absolute atomic E-state index is 0.131. The molecule has 23 heavy (non-hydrogen) atoms. The largest absolute Gasteiger partial charge is 0.389 e. The maximum atomic E-state index is 10.2. The molecule has 0 saturated heterocycles. The Morgan fingerprint density at radius 2 is 2.09 bits per heavy atom. The smallest absolute Gasteiger partial charge is 0.0991 e. The number of aromatic nitrogens is 2. The summed E-state index contributed by atoms with van der Waals surface area (Å²) in [6, 6.07) is 9.65. The van der Waals surface area contributed by atoms with Gasteiger partial charge in [0.2, 0.25) is 0 Å². The number of nitrogens with zero attached hydrogens (tertiary/aromatic N) is 3. The van der Waals surface area contributed by atoms with Crippen LogP contribution in [-0.2, 0) is 0 Å². The number of nitriles is 1. The first-order valence-electron chi connectivity index (χ1n) is 8.03. The zero-order chi connectivity index (χ0) is 16.4. The third-order valence-corrected chi connectivity index (χ3v) is 4.78. The molecule has 1 aliphatic carbocycles. The molecule has 120 valence electrons. The summed E-state index contributed by atoms with van der Waals surface area (Å²) in [6.45, 7) is 4.75. The summed E-state index contributed by atoms with van der Waals surface area (Å²) in [4.78, 5) is 0. The fourth-order valence-electron chi connectivity index (χ4n) is 3.00. The van der Waals surface area contributed by atoms with Gasteiger partial charge in [0, 0.05) is 23.8 Å². The quantitative estimate of drug-likeness (QED) is 0.890. The van der Waals surface area contributed by atoms with E-state index in [2.05, 4.69) is 23.4 Å². The average molecular weight is 310 g/mol. The van der Waals surface area contributed by atoms with Crippen LogP contribution < -0.4 is 5.32 Å². The summed E-state index contributed by atoms with van der Waals surface area (Å²) in [5.74, 6) is 0. The second-order valence-corrected chi connectivity index (χ2v) is 6.44. The van der Waals surface area contributed by atoms with Crippen LogP contribution in [0.4, 0.5) is 0 Å². The Balaban J connectivity index is 1.74. The Bertz CT molecular complexity index is 722. The highest BCUT2D eigenvalue weighted by atomic mass is 16.3. The van der Waals surface area contributed by atoms with Crippen LogP contribution in [0.2, 0.25) is 0 Å². The van der Waals surface area contributed by atoms with E-state index in [1.165, 1.54) is 0 Å². The van der Waals surface area contributed by atoms with Gasteiger partial charge in [-0.3, -0.25) is 0 Å². The third-order valence-electron chi connectivity index (χ3n) is 4.78. The van der Waals surface area contributed by atoms with Crippen molar-refractivity contribution in [1.29, 1.82) is 5.26 Å². The van der Waals surface area contributed by atoms with Crippen LogP contribution in [0.25, 0.3) is 5.69 Å². The lowest BCUT2D eigenvalue weighted by atomic mass is 9.80. The average Bonchev–Trinajstić information content (AvgIpc) is 2.92. The number of hydrogen-bond donors (Lipinski definition) is 2. The minimum Gasteiger partial charge on any atom is -0.389 e. The van der Waals surface area contributed by atoms with Gasteiger partial charge >= 0.3 is 0 Å². The Morgan fingerprint density at radius 3 is 2.65 bits per heavy atom. The zero-order valence-corrected chi connectivity index (χ0v) is 13.6. The fourth-order valence-corrected chi connectivity index (χ4v) is 3.00. The van der Waals surface area contributed by atoms with Gasteiger partial charge in [0.1, 0.15) is 0 Å². The SMILES string of the molecule is Cc1c(C(C)NCC2(O)CCC2)cnn1-c1ccc(C#N)cc1. The van der Waals surface area contributed by atoms with Crippen molar-refractivity contribution in [2.24, 2.45) is 0 Å². The second kappa shape index (κ2) is 6.15. The molecule has 0 spiro atoms. The molecule has 1 unspecified atom stereocenters. The molecular formula is C18H22N4O. The molecule has 1 fully saturated rings. The molecule has 1 atom stereocenters. The molecule has 2 N–H and O–H groups in total. The Morgan fingerprint density at radius 1 is 1.39 bits per heavy atom. The molecular weight excluding hydrogens is 288 g/mol. The first kappa shape index (κ1) is 15.7. The maximum Gasteiger partial charge on any atom is 0.0991 e. The number of rotatable bonds is 5. The number of benzene rings is 1. The van der Waals surface area contributed by atoms with Gasteiger partial charge in [0.15, 0.2) is 0 Å². The number of aliphatic hydroxyl groups is 1. The molecule has 1 aromatic heterocycles. The summed E-state index contributed by atoms with van der Waals surface area (Å²) in [5.41, 5.74) is 3.25. The van der Waals surface area contributed by atoms with Crippen molar-refractivity contribution in [2.75, 3.05) is 6.54 Å². The predicted octanol–water partition coefficient (Wildman–Crippen LogP) is 2.62. The lowest BCUT2D eigenvalue weighted by Gasteiger charge is -2.37. The molecule has 1 heterocycles. The normalized spacial score (nSPS) is 17.3. The molecule has 0 amide bonds. The van der Waals surface area contributed by atoms with Gasteiger partial charge in [-0.25, -0.2) is 4.68 Å². The van der Waals surface area contributed by atoms with Crippen LogP contribution in [0, 0.1) is 18.3 Å². The maximum absolute atomic E-state index is 10.2. The topological polar surface area (TPSA) is 73.9 Å². The highest BCUT2D eigenvalue weighted by Gasteiger charge is 2.34. The number of hydrogen-bond acceptors (Lipinski definition) is 4. The van der Waals surface area contributed by atoms with E-state index in [0.29, 0.717) is 12.1 Å². The van der Waals surface area contributed by atoms with Crippen molar-refractivity contribution in [2.45, 2.75) is 44.8 Å². The summed E-state index contributed by atoms with van der Waals surface area (Å²) in [5, 5.41) is 27.0. The van der Waals surface area contributed by atoms with E-state index in [4.69, 9.17) is 5.26 Å². The molecule has 1 saturated carbocycles. The second-order valence-electron chi connectivity index (χ2n) is 6.44. The van der Waals surface area contributed by atoms with Gasteiger partial charge < -0.3 is 10.4 Å². The predicted molar refractivity (Wildman–Crippen MR) is 88.2 cm³/mol. The van der Waals surface area contributed by atoms with Crippen molar-refractivity contribution < 1.29 is 5.11 Å². The van der Waals surface area contributed by atoms with Gasteiger partial charge in [-0.15, -0.1) is 0 Å². The van der Waals surface area contributed by atoms with Gasteiger partial charge in [-0.05, 0) is 57.4 Å². The monoisotopic (exact) mass is 310 g/mol. The van der Waals surface area contributed by atoms with E-state index in [9.17, 15) is 5.11 Å². The molecule has 3 rings (SSSR count). The van der Waals surface area contributed by atoms with Crippen LogP contribution >= 0.6 is 0 Å². The van der Waals surface area contributed by atoms with Gasteiger partial charge in [-0.1, -0.05) is 0 Å². The Kier molecular flexibility index (Phi) is 4.20. The molecule has 2 aromatic rings. The molecule has 5 nitrogen and oxygen atoms in total. The van der Waals surface area contributed by atoms with E-state index in [1.54, 1.807) is 12.1 Å². The van der Waals surface area contributed by atoms with E-state index in [-0.39, 0.29) is 6.04 Å². The molecule has 1 aliphatic rings. The zero-order valence-electron chi connectivity index (χ0n) is 13.6. The van der Waals surface area contributed by atoms with Crippen LogP contribution in [0.1, 0.15) is 49.0 Å². The summed E-state index contributed by atoms with van der Waals surface area (Å²) < 4.78 is 1.88. The van der Waals surface area contributed by atoms with Gasteiger partial charge in [0.25, 0.3) is 0 Å². The lowest BCUT2D eigenvalue weighted by Crippen LogP contribution is -2.46. The van der Waals surface area contributed by atoms with Crippen LogP contribution in [0.15, 0.2) is 30.5 Å². The van der Waals surface area contributed by atoms with Crippen LogP contribution in [0.3, 0.4) is 0 Å². The van der Waals surface area contributed by atoms with E-state index < -0.39 is 5.60 Å². The van der Waals surface area contributed by atoms with Gasteiger partial charge in [0.05, 0.1) is 29.1 Å². The van der Waals surface area contributed by atoms with Crippen molar-refractivity contribution in [3.05, 3.63) is 47.3 Å². The highest BCUT2D eigenvalue weighted by Crippen LogP contribution is 2.31. The molecule has 5 heteroatoms. The first-order valence-corrected chi connectivity index (χ1v) is 8.03. The van der Waals surface area contributed by atoms with Crippen molar-refractivity contribution in [3.63, 3.8) is 0 Å². The molecule has 0 radical (unpaired) electrons. The Labute approximate surface area is 136 Å². The van der Waals surface area contributed by atoms with Gasteiger partial charge in [-0.2, -0.15) is 10.4 Å². The van der Waals surface area contributed by atoms with E-state index in [1.807, 2.05) is 29.9 Å². The van der Waals surface area contributed by atoms with Crippen molar-refractivity contribution in [1.82, 2.24) is 15.1 Å². The van der Waals surface area contributed by atoms with E-state index >= 15 is 0 Å². The fraction of sp³-hybridized carbons (Fsp3) is 0.444. The van der Waals surface area contributed by atoms with E-state index in [0.717, 1.165) is 36.2 Å². The third kappa shape index (κ3) is 3.14. The number of nitrogens with one attached hydrogen (secondary N) is 1. The standard InChI is InChI=1S/C18H22N4O/c1-13(20-12-18(23)8-3-9-18)17-11-21-22(14(17)2)16-6-4-15(10-19)5-7-16/h4-7,11,13,20,23H,3,8-9,12H2,1-2H3. The molecule has 0 bridgehead atoms. The van der Waals surface area contributed by atoms with Crippen molar-refractivity contribution >= 4 is 0 Å². The molecule has 0 aliphatic heterocycles. The summed E-state index contributed by atoms with van der Waals surface area (Å²) in [6.07, 6.45) is 4.75. The summed E-state index contributed by atoms with van der Waals surface area (Å²) in [7, 11) is 0. The van der Waals surface area contributed by atoms with Crippen LogP contribution in [-0.4, -0.2) is 27.0 Å². The Hall–Kier alpha value is -2.16. The minimum atomic E-state index is -0.523. The van der Waals surface area contributed by atoms with Crippen LogP contribution in [0.5, 0.6) is 0 Å². The lowest BCUT2D eigenvalue weighted by molar-refractivity contribution is -0.0329. The highest BCUT2D eigenvalue weighted by molar-refractivity contribution is 5.41.